The van der Waals surface area contributed by atoms with Gasteiger partial charge < -0.3 is 10.6 Å². The van der Waals surface area contributed by atoms with Gasteiger partial charge in [0.15, 0.2) is 9.92 Å². The van der Waals surface area contributed by atoms with Gasteiger partial charge in [-0.1, -0.05) is 6.07 Å². The molecule has 0 spiro atoms. The zero-order chi connectivity index (χ0) is 19.3. The predicted octanol–water partition coefficient (Wildman–Crippen LogP) is 3.30. The minimum atomic E-state index is -3.25. The number of nitrogens with zero attached hydrogens (tertiary/aromatic N) is 1. The third kappa shape index (κ3) is 3.18. The van der Waals surface area contributed by atoms with Crippen molar-refractivity contribution in [2.75, 3.05) is 11.9 Å². The first-order valence-corrected chi connectivity index (χ1v) is 12.3. The number of hydrogen-bond acceptors (Lipinski definition) is 4. The van der Waals surface area contributed by atoms with Gasteiger partial charge in [-0.15, -0.1) is 15.7 Å². The Kier molecular flexibility index (Phi) is 4.54. The number of amides is 2. The Balaban J connectivity index is 1.46. The van der Waals surface area contributed by atoms with E-state index in [9.17, 15) is 9.00 Å². The molecular weight excluding hydrogens is 392 g/mol. The van der Waals surface area contributed by atoms with Crippen molar-refractivity contribution in [3.8, 4) is 0 Å². The normalized spacial score (nSPS) is 19.5. The van der Waals surface area contributed by atoms with Gasteiger partial charge in [0, 0.05) is 23.7 Å². The molecule has 0 bridgehead atoms. The lowest BCUT2D eigenvalue weighted by molar-refractivity contribution is 0.260. The van der Waals surface area contributed by atoms with E-state index in [1.165, 1.54) is 38.5 Å². The van der Waals surface area contributed by atoms with Gasteiger partial charge in [-0.25, -0.2) is 14.1 Å². The molecule has 1 aliphatic heterocycles. The van der Waals surface area contributed by atoms with Crippen molar-refractivity contribution in [2.24, 2.45) is 9.50 Å². The quantitative estimate of drug-likeness (QED) is 0.701. The number of anilines is 1. The highest BCUT2D eigenvalue weighted by atomic mass is 32.2. The number of thiophene rings is 1. The van der Waals surface area contributed by atoms with E-state index < -0.39 is 15.9 Å². The first-order chi connectivity index (χ1) is 13.5. The average molecular weight is 417 g/mol. The van der Waals surface area contributed by atoms with E-state index in [1.54, 1.807) is 0 Å². The average Bonchev–Trinajstić information content (AvgIpc) is 3.39. The molecule has 2 aliphatic carbocycles. The number of hydrogen-bond donors (Lipinski definition) is 3. The minimum Gasteiger partial charge on any atom is -0.312 e. The third-order valence-electron chi connectivity index (χ3n) is 5.93. The van der Waals surface area contributed by atoms with Gasteiger partial charge >= 0.3 is 6.03 Å². The van der Waals surface area contributed by atoms with E-state index in [4.69, 9.17) is 5.14 Å². The van der Waals surface area contributed by atoms with Gasteiger partial charge in [-0.2, -0.15) is 0 Å². The summed E-state index contributed by atoms with van der Waals surface area (Å²) in [4.78, 5) is 13.9. The second-order valence-corrected chi connectivity index (χ2v) is 10.9. The summed E-state index contributed by atoms with van der Waals surface area (Å²) in [5, 5.41) is 12.3. The summed E-state index contributed by atoms with van der Waals surface area (Å²) in [5.41, 5.74) is 7.14. The van der Waals surface area contributed by atoms with Crippen LogP contribution in [0.4, 0.5) is 10.5 Å². The Morgan fingerprint density at radius 3 is 2.46 bits per heavy atom. The molecule has 0 unspecified atom stereocenters. The molecule has 28 heavy (non-hydrogen) atoms. The lowest BCUT2D eigenvalue weighted by Gasteiger charge is -2.15. The molecule has 2 amide bonds. The van der Waals surface area contributed by atoms with E-state index >= 15 is 0 Å². The van der Waals surface area contributed by atoms with E-state index in [2.05, 4.69) is 21.1 Å². The minimum absolute atomic E-state index is 0.486. The Morgan fingerprint density at radius 1 is 1.07 bits per heavy atom. The molecular formula is C20H24N4O2S2. The molecule has 2 aromatic rings. The predicted molar refractivity (Wildman–Crippen MR) is 112 cm³/mol. The first-order valence-electron chi connectivity index (χ1n) is 9.86. The van der Waals surface area contributed by atoms with Crippen LogP contribution in [0.25, 0.3) is 0 Å². The van der Waals surface area contributed by atoms with Crippen LogP contribution in [-0.4, -0.2) is 16.8 Å². The Labute approximate surface area is 169 Å². The molecule has 5 rings (SSSR count). The van der Waals surface area contributed by atoms with Gasteiger partial charge in [-0.05, 0) is 78.8 Å². The van der Waals surface area contributed by atoms with Gasteiger partial charge in [-0.3, -0.25) is 0 Å². The monoisotopic (exact) mass is 416 g/mol. The zero-order valence-electron chi connectivity index (χ0n) is 15.7. The molecule has 0 radical (unpaired) electrons. The lowest BCUT2D eigenvalue weighted by Crippen LogP contribution is -2.21. The number of benzene rings is 1. The standard InChI is InChI=1S/C20H24N4O2S2/c21-28(26,18-10-14-11-22-8-7-17(14)27-18)24-20(25)23-19-15-5-1-3-12(15)9-13-4-2-6-16(13)19/h9-10,22H,1-8,11H2,(H3,21,23,24,25,26)/t28-/m1/s1. The number of aryl methyl sites for hydroxylation is 2. The van der Waals surface area contributed by atoms with Gasteiger partial charge in [0.2, 0.25) is 0 Å². The van der Waals surface area contributed by atoms with Crippen molar-refractivity contribution in [1.29, 1.82) is 0 Å². The molecule has 6 nitrogen and oxygen atoms in total. The molecule has 4 N–H and O–H groups in total. The summed E-state index contributed by atoms with van der Waals surface area (Å²) in [6.07, 6.45) is 7.18. The summed E-state index contributed by atoms with van der Waals surface area (Å²) in [6.45, 7) is 1.65. The zero-order valence-corrected chi connectivity index (χ0v) is 17.3. The Hall–Kier alpha value is -1.74. The second-order valence-electron chi connectivity index (χ2n) is 7.76. The molecule has 0 saturated carbocycles. The van der Waals surface area contributed by atoms with E-state index in [0.717, 1.165) is 69.3 Å². The number of rotatable bonds is 2. The van der Waals surface area contributed by atoms with Crippen LogP contribution in [0, 0.1) is 0 Å². The molecule has 2 heterocycles. The second kappa shape index (κ2) is 6.95. The van der Waals surface area contributed by atoms with Crippen LogP contribution in [-0.2, 0) is 48.6 Å². The van der Waals surface area contributed by atoms with Crippen molar-refractivity contribution < 1.29 is 9.00 Å². The van der Waals surface area contributed by atoms with Crippen molar-refractivity contribution >= 4 is 33.0 Å². The van der Waals surface area contributed by atoms with Crippen molar-refractivity contribution in [3.05, 3.63) is 44.8 Å². The molecule has 3 aliphatic rings. The molecule has 0 saturated heterocycles. The Bertz CT molecular complexity index is 1040. The molecule has 148 valence electrons. The van der Waals surface area contributed by atoms with Gasteiger partial charge in [0.05, 0.1) is 0 Å². The fourth-order valence-electron chi connectivity index (χ4n) is 4.63. The van der Waals surface area contributed by atoms with Crippen LogP contribution in [0.5, 0.6) is 0 Å². The maximum Gasteiger partial charge on any atom is 0.354 e. The molecule has 0 fully saturated rings. The van der Waals surface area contributed by atoms with Gasteiger partial charge in [0.1, 0.15) is 4.21 Å². The summed E-state index contributed by atoms with van der Waals surface area (Å²) in [6, 6.07) is 3.54. The lowest BCUT2D eigenvalue weighted by atomic mass is 9.99. The molecule has 1 aromatic carbocycles. The van der Waals surface area contributed by atoms with Crippen molar-refractivity contribution in [2.45, 2.75) is 55.7 Å². The number of fused-ring (bicyclic) bond motifs is 3. The molecule has 1 aromatic heterocycles. The number of urea groups is 1. The van der Waals surface area contributed by atoms with Gasteiger partial charge in [0.25, 0.3) is 0 Å². The van der Waals surface area contributed by atoms with Crippen molar-refractivity contribution in [1.82, 2.24) is 5.32 Å². The summed E-state index contributed by atoms with van der Waals surface area (Å²) in [7, 11) is -3.25. The summed E-state index contributed by atoms with van der Waals surface area (Å²) >= 11 is 1.42. The van der Waals surface area contributed by atoms with Crippen LogP contribution >= 0.6 is 11.3 Å². The number of nitrogens with one attached hydrogen (secondary N) is 2. The number of carbonyl (C=O) groups excluding carboxylic acids is 1. The first kappa shape index (κ1) is 18.3. The maximum absolute atomic E-state index is 13.0. The van der Waals surface area contributed by atoms with E-state index in [-0.39, 0.29) is 0 Å². The summed E-state index contributed by atoms with van der Waals surface area (Å²) < 4.78 is 17.4. The van der Waals surface area contributed by atoms with Crippen LogP contribution < -0.4 is 15.8 Å². The SMILES string of the molecule is N[S@@](=O)(=NC(=O)Nc1c2c(cc3c1CCC3)CCC2)c1cc2c(s1)CCNC2. The van der Waals surface area contributed by atoms with Crippen LogP contribution in [0.3, 0.4) is 0 Å². The number of carbonyl (C=O) groups is 1. The highest BCUT2D eigenvalue weighted by Crippen LogP contribution is 2.38. The smallest absolute Gasteiger partial charge is 0.312 e. The highest BCUT2D eigenvalue weighted by Gasteiger charge is 2.25. The third-order valence-corrected chi connectivity index (χ3v) is 9.06. The van der Waals surface area contributed by atoms with Crippen LogP contribution in [0.1, 0.15) is 45.5 Å². The molecule has 8 heteroatoms. The highest BCUT2D eigenvalue weighted by molar-refractivity contribution is 7.93. The topological polar surface area (TPSA) is 96.6 Å². The van der Waals surface area contributed by atoms with E-state index in [1.807, 2.05) is 6.07 Å². The van der Waals surface area contributed by atoms with Crippen molar-refractivity contribution in [3.63, 3.8) is 0 Å². The fraction of sp³-hybridized carbons (Fsp3) is 0.450. The van der Waals surface area contributed by atoms with Crippen LogP contribution in [0.2, 0.25) is 0 Å². The molecule has 1 atom stereocenters. The van der Waals surface area contributed by atoms with Crippen LogP contribution in [0.15, 0.2) is 20.7 Å². The maximum atomic E-state index is 13.0. The number of nitrogens with two attached hydrogens (primary N) is 1. The van der Waals surface area contributed by atoms with E-state index in [0.29, 0.717) is 4.21 Å². The summed E-state index contributed by atoms with van der Waals surface area (Å²) in [5.74, 6) is 0. The largest absolute Gasteiger partial charge is 0.354 e. The fourth-order valence-corrected chi connectivity index (χ4v) is 7.13. The Morgan fingerprint density at radius 2 is 1.79 bits per heavy atom.